The molecule has 1 N–H and O–H groups in total. The van der Waals surface area contributed by atoms with E-state index < -0.39 is 0 Å². The first kappa shape index (κ1) is 7.85. The lowest BCUT2D eigenvalue weighted by Crippen LogP contribution is -2.03. The molecule has 0 aliphatic heterocycles. The minimum atomic E-state index is 1.000. The first-order valence-corrected chi connectivity index (χ1v) is 3.59. The predicted molar refractivity (Wildman–Crippen MR) is 46.0 cm³/mol. The molecule has 0 bridgehead atoms. The molecule has 0 unspecified atom stereocenters. The van der Waals surface area contributed by atoms with Gasteiger partial charge in [0.25, 0.3) is 0 Å². The van der Waals surface area contributed by atoms with Crippen molar-refractivity contribution in [2.24, 2.45) is 0 Å². The zero-order chi connectivity index (χ0) is 8.27. The summed E-state index contributed by atoms with van der Waals surface area (Å²) in [5.74, 6) is 1.000. The summed E-state index contributed by atoms with van der Waals surface area (Å²) in [6.45, 7) is 3.98. The maximum absolute atomic E-state index is 4.09. The highest BCUT2D eigenvalue weighted by atomic mass is 15.0. The Morgan fingerprint density at radius 1 is 1.73 bits per heavy atom. The van der Waals surface area contributed by atoms with Gasteiger partial charge in [-0.2, -0.15) is 0 Å². The third-order valence-corrected chi connectivity index (χ3v) is 1.59. The van der Waals surface area contributed by atoms with E-state index in [1.54, 1.807) is 6.20 Å². The molecule has 11 heavy (non-hydrogen) atoms. The quantitative estimate of drug-likeness (QED) is 0.689. The van der Waals surface area contributed by atoms with Crippen LogP contribution in [0.25, 0.3) is 6.20 Å². The van der Waals surface area contributed by atoms with Crippen LogP contribution in [0, 0.1) is 6.92 Å². The highest BCUT2D eigenvalue weighted by Gasteiger charge is 1.91. The molecule has 0 saturated heterocycles. The standard InChI is InChI=1S/C8H13N3/c1-7(9-3)6-11-5-4-10-8(11)2/h4-6,9H,1-3H3/b7-6-. The van der Waals surface area contributed by atoms with Gasteiger partial charge < -0.3 is 9.88 Å². The summed E-state index contributed by atoms with van der Waals surface area (Å²) in [5, 5.41) is 3.04. The molecular weight excluding hydrogens is 138 g/mol. The van der Waals surface area contributed by atoms with Crippen molar-refractivity contribution in [2.45, 2.75) is 13.8 Å². The van der Waals surface area contributed by atoms with Crippen molar-refractivity contribution in [1.82, 2.24) is 14.9 Å². The third-order valence-electron chi connectivity index (χ3n) is 1.59. The molecule has 0 aromatic carbocycles. The Balaban J connectivity index is 2.86. The molecule has 3 heteroatoms. The first-order valence-electron chi connectivity index (χ1n) is 3.59. The fourth-order valence-corrected chi connectivity index (χ4v) is 0.797. The van der Waals surface area contributed by atoms with Crippen LogP contribution in [0.5, 0.6) is 0 Å². The second-order valence-corrected chi connectivity index (χ2v) is 2.44. The van der Waals surface area contributed by atoms with E-state index in [0.29, 0.717) is 0 Å². The third kappa shape index (κ3) is 1.83. The topological polar surface area (TPSA) is 29.9 Å². The molecule has 3 nitrogen and oxygen atoms in total. The number of hydrogen-bond acceptors (Lipinski definition) is 2. The van der Waals surface area contributed by atoms with Crippen LogP contribution in [0.4, 0.5) is 0 Å². The normalized spacial score (nSPS) is 11.7. The van der Waals surface area contributed by atoms with E-state index in [1.807, 2.05) is 37.9 Å². The van der Waals surface area contributed by atoms with Gasteiger partial charge in [-0.1, -0.05) is 0 Å². The molecule has 1 rings (SSSR count). The fourth-order valence-electron chi connectivity index (χ4n) is 0.797. The summed E-state index contributed by atoms with van der Waals surface area (Å²) in [6, 6.07) is 0. The zero-order valence-corrected chi connectivity index (χ0v) is 7.13. The van der Waals surface area contributed by atoms with Crippen molar-refractivity contribution in [3.8, 4) is 0 Å². The summed E-state index contributed by atoms with van der Waals surface area (Å²) in [7, 11) is 1.90. The Bertz CT molecular complexity index is 260. The van der Waals surface area contributed by atoms with E-state index in [9.17, 15) is 0 Å². The average Bonchev–Trinajstić information content (AvgIpc) is 2.37. The van der Waals surface area contributed by atoms with Gasteiger partial charge in [-0.3, -0.25) is 0 Å². The number of nitrogens with zero attached hydrogens (tertiary/aromatic N) is 2. The molecule has 1 heterocycles. The Morgan fingerprint density at radius 3 is 2.91 bits per heavy atom. The maximum Gasteiger partial charge on any atom is 0.109 e. The number of nitrogens with one attached hydrogen (secondary N) is 1. The lowest BCUT2D eigenvalue weighted by molar-refractivity contribution is 0.956. The van der Waals surface area contributed by atoms with E-state index in [2.05, 4.69) is 10.3 Å². The Morgan fingerprint density at radius 2 is 2.45 bits per heavy atom. The van der Waals surface area contributed by atoms with Gasteiger partial charge >= 0.3 is 0 Å². The van der Waals surface area contributed by atoms with E-state index in [4.69, 9.17) is 0 Å². The summed E-state index contributed by atoms with van der Waals surface area (Å²) >= 11 is 0. The molecule has 0 aliphatic rings. The Kier molecular flexibility index (Phi) is 2.31. The molecule has 1 aromatic heterocycles. The molecule has 0 amide bonds. The molecule has 0 spiro atoms. The number of hydrogen-bond donors (Lipinski definition) is 1. The van der Waals surface area contributed by atoms with Crippen molar-refractivity contribution < 1.29 is 0 Å². The largest absolute Gasteiger partial charge is 0.390 e. The lowest BCUT2D eigenvalue weighted by Gasteiger charge is -2.00. The van der Waals surface area contributed by atoms with E-state index in [1.165, 1.54) is 0 Å². The SMILES string of the molecule is CN/C(C)=C\n1ccnc1C. The molecule has 0 saturated carbocycles. The summed E-state index contributed by atoms with van der Waals surface area (Å²) in [4.78, 5) is 4.09. The van der Waals surface area contributed by atoms with Gasteiger partial charge in [-0.25, -0.2) is 4.98 Å². The van der Waals surface area contributed by atoms with Gasteiger partial charge in [0.15, 0.2) is 0 Å². The molecule has 0 radical (unpaired) electrons. The van der Waals surface area contributed by atoms with E-state index in [-0.39, 0.29) is 0 Å². The van der Waals surface area contributed by atoms with Gasteiger partial charge in [0.05, 0.1) is 0 Å². The number of aryl methyl sites for hydroxylation is 1. The van der Waals surface area contributed by atoms with Crippen LogP contribution >= 0.6 is 0 Å². The minimum absolute atomic E-state index is 1.000. The maximum atomic E-state index is 4.09. The monoisotopic (exact) mass is 151 g/mol. The van der Waals surface area contributed by atoms with Gasteiger partial charge in [0.2, 0.25) is 0 Å². The number of imidazole rings is 1. The van der Waals surface area contributed by atoms with Crippen LogP contribution in [0.3, 0.4) is 0 Å². The zero-order valence-electron chi connectivity index (χ0n) is 7.13. The number of allylic oxidation sites excluding steroid dienone is 1. The first-order chi connectivity index (χ1) is 5.24. The van der Waals surface area contributed by atoms with Crippen LogP contribution in [-0.4, -0.2) is 16.6 Å². The van der Waals surface area contributed by atoms with Crippen LogP contribution < -0.4 is 5.32 Å². The lowest BCUT2D eigenvalue weighted by atomic mass is 10.5. The van der Waals surface area contributed by atoms with E-state index in [0.717, 1.165) is 11.5 Å². The van der Waals surface area contributed by atoms with Crippen LogP contribution in [-0.2, 0) is 0 Å². The molecule has 0 aliphatic carbocycles. The highest BCUT2D eigenvalue weighted by Crippen LogP contribution is 1.97. The summed E-state index contributed by atoms with van der Waals surface area (Å²) in [5.41, 5.74) is 1.12. The van der Waals surface area contributed by atoms with Crippen LogP contribution in [0.2, 0.25) is 0 Å². The minimum Gasteiger partial charge on any atom is -0.390 e. The molecule has 60 valence electrons. The van der Waals surface area contributed by atoms with Crippen molar-refractivity contribution in [3.05, 3.63) is 23.9 Å². The predicted octanol–water partition coefficient (Wildman–Crippen LogP) is 1.23. The molecule has 0 fully saturated rings. The van der Waals surface area contributed by atoms with Crippen molar-refractivity contribution in [3.63, 3.8) is 0 Å². The van der Waals surface area contributed by atoms with Crippen molar-refractivity contribution in [1.29, 1.82) is 0 Å². The molecule has 1 aromatic rings. The van der Waals surface area contributed by atoms with Gasteiger partial charge in [-0.05, 0) is 13.8 Å². The second kappa shape index (κ2) is 3.23. The summed E-state index contributed by atoms with van der Waals surface area (Å²) < 4.78 is 1.98. The van der Waals surface area contributed by atoms with Gasteiger partial charge in [0, 0.05) is 31.3 Å². The van der Waals surface area contributed by atoms with Gasteiger partial charge in [0.1, 0.15) is 5.82 Å². The number of rotatable bonds is 2. The van der Waals surface area contributed by atoms with Gasteiger partial charge in [-0.15, -0.1) is 0 Å². The molecular formula is C8H13N3. The number of aromatic nitrogens is 2. The van der Waals surface area contributed by atoms with Crippen molar-refractivity contribution >= 4 is 6.20 Å². The Labute approximate surface area is 66.8 Å². The van der Waals surface area contributed by atoms with E-state index >= 15 is 0 Å². The summed E-state index contributed by atoms with van der Waals surface area (Å²) in [6.07, 6.45) is 5.72. The van der Waals surface area contributed by atoms with Crippen molar-refractivity contribution in [2.75, 3.05) is 7.05 Å². The Hall–Kier alpha value is -1.25. The second-order valence-electron chi connectivity index (χ2n) is 2.44. The smallest absolute Gasteiger partial charge is 0.109 e. The van der Waals surface area contributed by atoms with Crippen LogP contribution in [0.1, 0.15) is 12.7 Å². The van der Waals surface area contributed by atoms with Crippen LogP contribution in [0.15, 0.2) is 18.1 Å². The highest BCUT2D eigenvalue weighted by molar-refractivity contribution is 5.29. The average molecular weight is 151 g/mol. The fraction of sp³-hybridized carbons (Fsp3) is 0.375. The molecule has 0 atom stereocenters.